The Morgan fingerprint density at radius 2 is 1.09 bits per heavy atom. The molecule has 19 nitrogen and oxygen atoms in total. The van der Waals surface area contributed by atoms with E-state index in [1.807, 2.05) is 0 Å². The molecule has 0 fully saturated rings. The number of nitrogens with one attached hydrogen (secondary N) is 3. The molecule has 0 spiro atoms. The summed E-state index contributed by atoms with van der Waals surface area (Å²) >= 11 is 3.18. The molecular formula is C34H35BrN6O13. The maximum atomic E-state index is 11.7. The average molecular weight is 816 g/mol. The summed E-state index contributed by atoms with van der Waals surface area (Å²) in [5.41, 5.74) is 4.53. The van der Waals surface area contributed by atoms with Gasteiger partial charge in [0.2, 0.25) is 0 Å². The molecule has 0 bridgehead atoms. The van der Waals surface area contributed by atoms with Crippen LogP contribution >= 0.6 is 15.9 Å². The molecule has 286 valence electrons. The van der Waals surface area contributed by atoms with E-state index >= 15 is 0 Å². The van der Waals surface area contributed by atoms with Crippen LogP contribution in [0.1, 0.15) is 41.4 Å². The van der Waals surface area contributed by atoms with Gasteiger partial charge in [-0.15, -0.1) is 0 Å². The second kappa shape index (κ2) is 19.8. The van der Waals surface area contributed by atoms with Gasteiger partial charge >= 0.3 is 35.3 Å². The first-order valence-corrected chi connectivity index (χ1v) is 15.9. The van der Waals surface area contributed by atoms with Crippen molar-refractivity contribution in [1.82, 2.24) is 24.4 Å². The number of nitrogens with zero attached hydrogens (tertiary/aromatic N) is 2. The lowest BCUT2D eigenvalue weighted by molar-refractivity contribution is 0.0586. The third-order valence-corrected chi connectivity index (χ3v) is 7.79. The number of methoxy groups -OCH3 is 3. The SMILES string of the molecule is CNC(N)=O.COC(=O)c1ccc(C(=O)OC)c(Br)c1.COC(=O)c1ccc2c(=O)n(C)c(=O)[nH]c2c1.Cn1c(=O)[nH]c2cc(C(=O)CO)ccc2c1=O. The van der Waals surface area contributed by atoms with Crippen LogP contribution in [0.3, 0.4) is 0 Å². The number of ketones is 1. The number of urea groups is 1. The van der Waals surface area contributed by atoms with Crippen LogP contribution < -0.4 is 33.5 Å². The van der Waals surface area contributed by atoms with Crippen LogP contribution in [-0.4, -0.2) is 88.9 Å². The topological polar surface area (TPSA) is 281 Å². The highest BCUT2D eigenvalue weighted by atomic mass is 79.9. The van der Waals surface area contributed by atoms with E-state index in [-0.39, 0.29) is 16.6 Å². The van der Waals surface area contributed by atoms with E-state index in [0.717, 1.165) is 9.13 Å². The predicted octanol–water partition coefficient (Wildman–Crippen LogP) is 0.722. The van der Waals surface area contributed by atoms with E-state index in [9.17, 15) is 43.2 Å². The average Bonchev–Trinajstić information content (AvgIpc) is 3.18. The number of ether oxygens (including phenoxy) is 3. The smallest absolute Gasteiger partial charge is 0.339 e. The van der Waals surface area contributed by atoms with Gasteiger partial charge < -0.3 is 40.3 Å². The number of benzene rings is 3. The van der Waals surface area contributed by atoms with Crippen molar-refractivity contribution in [2.45, 2.75) is 0 Å². The normalized spacial score (nSPS) is 9.93. The van der Waals surface area contributed by atoms with Crippen molar-refractivity contribution < 1.29 is 43.3 Å². The third kappa shape index (κ3) is 10.9. The highest BCUT2D eigenvalue weighted by molar-refractivity contribution is 9.10. The number of fused-ring (bicyclic) bond motifs is 2. The number of hydrogen-bond acceptors (Lipinski definition) is 13. The van der Waals surface area contributed by atoms with Gasteiger partial charge in [0.15, 0.2) is 5.78 Å². The van der Waals surface area contributed by atoms with Crippen LogP contribution in [0.2, 0.25) is 0 Å². The lowest BCUT2D eigenvalue weighted by atomic mass is 10.1. The summed E-state index contributed by atoms with van der Waals surface area (Å²) in [6, 6.07) is 12.7. The Morgan fingerprint density at radius 3 is 1.48 bits per heavy atom. The van der Waals surface area contributed by atoms with Crippen molar-refractivity contribution in [1.29, 1.82) is 0 Å². The number of aliphatic hydroxyl groups excluding tert-OH is 1. The molecule has 2 aromatic heterocycles. The summed E-state index contributed by atoms with van der Waals surface area (Å²) in [5, 5.41) is 11.6. The molecule has 54 heavy (non-hydrogen) atoms. The van der Waals surface area contributed by atoms with E-state index in [0.29, 0.717) is 31.9 Å². The van der Waals surface area contributed by atoms with Crippen LogP contribution in [-0.2, 0) is 28.3 Å². The number of carbonyl (C=O) groups excluding carboxylic acids is 5. The number of amides is 2. The molecule has 5 aromatic rings. The number of rotatable bonds is 5. The van der Waals surface area contributed by atoms with Gasteiger partial charge in [-0.05, 0) is 64.5 Å². The van der Waals surface area contributed by atoms with Crippen LogP contribution in [0.4, 0.5) is 4.79 Å². The number of aromatic amines is 2. The second-order valence-corrected chi connectivity index (χ2v) is 11.3. The van der Waals surface area contributed by atoms with Gasteiger partial charge in [-0.25, -0.2) is 28.8 Å². The van der Waals surface area contributed by atoms with Crippen LogP contribution in [0.5, 0.6) is 0 Å². The zero-order chi connectivity index (χ0) is 40.9. The number of primary amides is 1. The Balaban J connectivity index is 0.000000264. The molecule has 0 aliphatic carbocycles. The molecule has 2 amide bonds. The number of nitrogens with two attached hydrogens (primary N) is 1. The highest BCUT2D eigenvalue weighted by Crippen LogP contribution is 2.20. The molecule has 20 heteroatoms. The number of hydrogen-bond donors (Lipinski definition) is 5. The molecule has 3 aromatic carbocycles. The Labute approximate surface area is 312 Å². The third-order valence-electron chi connectivity index (χ3n) is 7.13. The largest absolute Gasteiger partial charge is 0.465 e. The first kappa shape index (κ1) is 43.5. The van der Waals surface area contributed by atoms with E-state index in [2.05, 4.69) is 51.2 Å². The van der Waals surface area contributed by atoms with Crippen LogP contribution in [0.25, 0.3) is 21.8 Å². The quantitative estimate of drug-likeness (QED) is 0.0931. The molecule has 0 radical (unpaired) electrons. The first-order chi connectivity index (χ1) is 25.4. The van der Waals surface area contributed by atoms with E-state index in [1.165, 1.54) is 97.1 Å². The minimum atomic E-state index is -0.611. The number of Topliss-reactive ketones (excluding diaryl/α,β-unsaturated/α-hetero) is 1. The summed E-state index contributed by atoms with van der Waals surface area (Å²) < 4.78 is 16.1. The molecule has 6 N–H and O–H groups in total. The second-order valence-electron chi connectivity index (χ2n) is 10.5. The lowest BCUT2D eigenvalue weighted by Gasteiger charge is -2.04. The fraction of sp³-hybridized carbons (Fsp3) is 0.206. The van der Waals surface area contributed by atoms with E-state index < -0.39 is 58.8 Å². The Bertz CT molecular complexity index is 2340. The van der Waals surface area contributed by atoms with Crippen molar-refractivity contribution in [3.05, 3.63) is 123 Å². The van der Waals surface area contributed by atoms with E-state index in [4.69, 9.17) is 5.11 Å². The predicted molar refractivity (Wildman–Crippen MR) is 198 cm³/mol. The Morgan fingerprint density at radius 1 is 0.704 bits per heavy atom. The number of H-pyrrole nitrogens is 2. The van der Waals surface area contributed by atoms with Crippen LogP contribution in [0, 0.1) is 0 Å². The summed E-state index contributed by atoms with van der Waals surface area (Å²) in [7, 11) is 8.08. The minimum Gasteiger partial charge on any atom is -0.465 e. The maximum Gasteiger partial charge on any atom is 0.339 e. The van der Waals surface area contributed by atoms with Gasteiger partial charge in [0, 0.05) is 31.2 Å². The molecule has 0 saturated heterocycles. The van der Waals surface area contributed by atoms with Gasteiger partial charge in [0.1, 0.15) is 6.61 Å². The monoisotopic (exact) mass is 814 g/mol. The van der Waals surface area contributed by atoms with Crippen molar-refractivity contribution in [2.24, 2.45) is 19.8 Å². The summed E-state index contributed by atoms with van der Waals surface area (Å²) in [6.07, 6.45) is 0. The number of carbonyl (C=O) groups is 5. The fourth-order valence-corrected chi connectivity index (χ4v) is 4.70. The lowest BCUT2D eigenvalue weighted by Crippen LogP contribution is -2.32. The van der Waals surface area contributed by atoms with Crippen molar-refractivity contribution in [2.75, 3.05) is 35.0 Å². The molecule has 5 rings (SSSR count). The Kier molecular flexibility index (Phi) is 16.0. The fourth-order valence-electron chi connectivity index (χ4n) is 4.16. The maximum absolute atomic E-state index is 11.7. The van der Waals surface area contributed by atoms with Gasteiger partial charge in [0.05, 0.1) is 59.8 Å². The Hall–Kier alpha value is -6.67. The zero-order valence-electron chi connectivity index (χ0n) is 29.6. The van der Waals surface area contributed by atoms with Crippen molar-refractivity contribution >= 4 is 67.5 Å². The standard InChI is InChI=1S/2C11H10N2O4.C10H9BrO4.C2H6N2O/c1-13-9(14)7-4-3-6(10(15)17-2)5-8(7)12-11(13)16;1-13-10(16)7-3-2-6(9(15)5-14)4-8(7)12-11(13)17;1-14-9(12)6-3-4-7(8(11)5-6)10(13)15-2;1-4-2(3)5/h3-5H,1-2H3,(H,12,16);2-4,14H,5H2,1H3,(H,12,17);3-5H,1-2H3;1H3,(H3,3,4,5). The summed E-state index contributed by atoms with van der Waals surface area (Å²) in [5.74, 6) is -1.90. The number of aromatic nitrogens is 4. The zero-order valence-corrected chi connectivity index (χ0v) is 31.2. The van der Waals surface area contributed by atoms with Crippen molar-refractivity contribution in [3.8, 4) is 0 Å². The first-order valence-electron chi connectivity index (χ1n) is 15.1. The molecule has 0 aliphatic rings. The summed E-state index contributed by atoms with van der Waals surface area (Å²) in [4.78, 5) is 106. The minimum absolute atomic E-state index is 0.254. The van der Waals surface area contributed by atoms with Gasteiger partial charge in [-0.2, -0.15) is 0 Å². The number of esters is 3. The molecule has 0 aliphatic heterocycles. The molecule has 0 saturated carbocycles. The van der Waals surface area contributed by atoms with Crippen LogP contribution in [0.15, 0.2) is 78.2 Å². The number of halogens is 1. The van der Waals surface area contributed by atoms with Gasteiger partial charge in [-0.3, -0.25) is 23.5 Å². The number of aliphatic hydroxyl groups is 1. The van der Waals surface area contributed by atoms with Crippen molar-refractivity contribution in [3.63, 3.8) is 0 Å². The van der Waals surface area contributed by atoms with E-state index in [1.54, 1.807) is 0 Å². The summed E-state index contributed by atoms with van der Waals surface area (Å²) in [6.45, 7) is -0.611. The van der Waals surface area contributed by atoms with Gasteiger partial charge in [-0.1, -0.05) is 6.07 Å². The molecule has 0 atom stereocenters. The molecular weight excluding hydrogens is 780 g/mol. The molecule has 2 heterocycles. The van der Waals surface area contributed by atoms with Gasteiger partial charge in [0.25, 0.3) is 11.1 Å². The highest BCUT2D eigenvalue weighted by Gasteiger charge is 2.14. The molecule has 0 unspecified atom stereocenters.